The van der Waals surface area contributed by atoms with Crippen LogP contribution in [0.25, 0.3) is 0 Å². The predicted molar refractivity (Wildman–Crippen MR) is 80.1 cm³/mol. The fourth-order valence-corrected chi connectivity index (χ4v) is 2.24. The Hall–Kier alpha value is -2.62. The number of nitrogens with one attached hydrogen (secondary N) is 2. The molecule has 1 aromatic heterocycles. The van der Waals surface area contributed by atoms with Gasteiger partial charge >= 0.3 is 0 Å². The lowest BCUT2D eigenvalue weighted by atomic mass is 10.2. The first-order valence-corrected chi connectivity index (χ1v) is 7.12. The second kappa shape index (κ2) is 6.89. The zero-order chi connectivity index (χ0) is 16.1. The fourth-order valence-electron chi connectivity index (χ4n) is 1.60. The van der Waals surface area contributed by atoms with Crippen LogP contribution in [0.5, 0.6) is 5.75 Å². The summed E-state index contributed by atoms with van der Waals surface area (Å²) in [5.41, 5.74) is -0.117. The van der Waals surface area contributed by atoms with Gasteiger partial charge in [0.2, 0.25) is 11.1 Å². The van der Waals surface area contributed by atoms with E-state index in [1.807, 2.05) is 0 Å². The largest absolute Gasteiger partial charge is 0.496 e. The minimum Gasteiger partial charge on any atom is -0.496 e. The summed E-state index contributed by atoms with van der Waals surface area (Å²) in [7, 11) is 1.41. The summed E-state index contributed by atoms with van der Waals surface area (Å²) in [5.74, 6) is 0.644. The molecule has 2 aromatic rings. The minimum atomic E-state index is -0.579. The van der Waals surface area contributed by atoms with Crippen molar-refractivity contribution in [3.8, 4) is 5.75 Å². The van der Waals surface area contributed by atoms with E-state index >= 15 is 0 Å². The predicted octanol–water partition coefficient (Wildman–Crippen LogP) is 1.76. The zero-order valence-corrected chi connectivity index (χ0v) is 12.6. The number of nitrogens with zero attached hydrogens (tertiary/aromatic N) is 3. The molecular weight excluding hydrogens is 310 g/mol. The highest BCUT2D eigenvalue weighted by molar-refractivity contribution is 7.99. The maximum Gasteiger partial charge on any atom is 0.296 e. The van der Waals surface area contributed by atoms with E-state index in [1.165, 1.54) is 25.3 Å². The lowest BCUT2D eigenvalue weighted by Crippen LogP contribution is -2.15. The summed E-state index contributed by atoms with van der Waals surface area (Å²) >= 11 is 1.13. The maximum absolute atomic E-state index is 11.9. The van der Waals surface area contributed by atoms with Gasteiger partial charge in [-0.1, -0.05) is 11.8 Å². The van der Waals surface area contributed by atoms with E-state index in [4.69, 9.17) is 4.74 Å². The van der Waals surface area contributed by atoms with Gasteiger partial charge in [-0.25, -0.2) is 4.98 Å². The number of methoxy groups -OCH3 is 1. The number of H-pyrrole nitrogens is 1. The Labute approximate surface area is 129 Å². The Morgan fingerprint density at radius 1 is 1.55 bits per heavy atom. The van der Waals surface area contributed by atoms with Crippen LogP contribution in [0.4, 0.5) is 11.4 Å². The maximum atomic E-state index is 11.9. The van der Waals surface area contributed by atoms with Crippen molar-refractivity contribution in [1.29, 1.82) is 0 Å². The molecule has 9 nitrogen and oxygen atoms in total. The Morgan fingerprint density at radius 2 is 2.32 bits per heavy atom. The molecule has 0 radical (unpaired) electrons. The van der Waals surface area contributed by atoms with Gasteiger partial charge in [0, 0.05) is 0 Å². The van der Waals surface area contributed by atoms with Gasteiger partial charge in [-0.2, -0.15) is 0 Å². The lowest BCUT2D eigenvalue weighted by Gasteiger charge is -2.06. The molecule has 1 amide bonds. The number of carbonyl (C=O) groups is 1. The third-order valence-corrected chi connectivity index (χ3v) is 3.43. The number of aromatic nitrogens is 3. The summed E-state index contributed by atoms with van der Waals surface area (Å²) in [6, 6.07) is 4.21. The number of anilines is 1. The third-order valence-electron chi connectivity index (χ3n) is 2.58. The number of thioether (sulfide) groups is 1. The van der Waals surface area contributed by atoms with Crippen LogP contribution in [0.2, 0.25) is 0 Å². The number of rotatable bonds is 6. The molecule has 0 unspecified atom stereocenters. The van der Waals surface area contributed by atoms with Crippen LogP contribution in [-0.4, -0.2) is 38.9 Å². The number of amides is 1. The monoisotopic (exact) mass is 323 g/mol. The minimum absolute atomic E-state index is 0.0421. The molecule has 0 aliphatic rings. The number of nitro benzene ring substituents is 1. The van der Waals surface area contributed by atoms with Gasteiger partial charge in [-0.05, 0) is 19.1 Å². The van der Waals surface area contributed by atoms with Crippen molar-refractivity contribution in [3.05, 3.63) is 34.1 Å². The average molecular weight is 323 g/mol. The van der Waals surface area contributed by atoms with Gasteiger partial charge < -0.3 is 10.1 Å². The Balaban J connectivity index is 2.03. The molecule has 10 heteroatoms. The normalized spacial score (nSPS) is 10.3. The molecule has 0 saturated carbocycles. The summed E-state index contributed by atoms with van der Waals surface area (Å²) in [6.45, 7) is 1.75. The third kappa shape index (κ3) is 3.95. The summed E-state index contributed by atoms with van der Waals surface area (Å²) < 4.78 is 4.93. The van der Waals surface area contributed by atoms with E-state index in [9.17, 15) is 14.9 Å². The SMILES string of the molecule is COc1ccc(NC(=O)CSc2n[nH]c(C)n2)c([N+](=O)[O-])c1. The quantitative estimate of drug-likeness (QED) is 0.471. The van der Waals surface area contributed by atoms with Gasteiger partial charge in [0.1, 0.15) is 17.3 Å². The van der Waals surface area contributed by atoms with Crippen molar-refractivity contribution in [2.75, 3.05) is 18.2 Å². The molecule has 0 aliphatic heterocycles. The fraction of sp³-hybridized carbons (Fsp3) is 0.250. The second-order valence-electron chi connectivity index (χ2n) is 4.18. The number of hydrogen-bond acceptors (Lipinski definition) is 7. The molecule has 2 N–H and O–H groups in total. The molecular formula is C12H13N5O4S. The zero-order valence-electron chi connectivity index (χ0n) is 11.8. The number of aryl methyl sites for hydroxylation is 1. The van der Waals surface area contributed by atoms with E-state index < -0.39 is 4.92 Å². The molecule has 1 heterocycles. The molecule has 0 spiro atoms. The standard InChI is InChI=1S/C12H13N5O4S/c1-7-13-12(16-15-7)22-6-11(18)14-9-4-3-8(21-2)5-10(9)17(19)20/h3-5H,6H2,1-2H3,(H,14,18)(H,13,15,16). The number of benzene rings is 1. The lowest BCUT2D eigenvalue weighted by molar-refractivity contribution is -0.384. The topological polar surface area (TPSA) is 123 Å². The number of carbonyl (C=O) groups excluding carboxylic acids is 1. The van der Waals surface area contributed by atoms with Crippen molar-refractivity contribution in [1.82, 2.24) is 15.2 Å². The van der Waals surface area contributed by atoms with Crippen molar-refractivity contribution in [2.45, 2.75) is 12.1 Å². The van der Waals surface area contributed by atoms with Crippen LogP contribution in [0.1, 0.15) is 5.82 Å². The van der Waals surface area contributed by atoms with Gasteiger partial charge in [0.25, 0.3) is 5.69 Å². The van der Waals surface area contributed by atoms with Crippen molar-refractivity contribution < 1.29 is 14.5 Å². The van der Waals surface area contributed by atoms with E-state index in [0.717, 1.165) is 11.8 Å². The number of aromatic amines is 1. The first-order valence-electron chi connectivity index (χ1n) is 6.13. The highest BCUT2D eigenvalue weighted by Gasteiger charge is 2.17. The average Bonchev–Trinajstić information content (AvgIpc) is 2.91. The van der Waals surface area contributed by atoms with Crippen LogP contribution in [0.3, 0.4) is 0 Å². The molecule has 0 fully saturated rings. The van der Waals surface area contributed by atoms with Crippen LogP contribution in [-0.2, 0) is 4.79 Å². The molecule has 2 rings (SSSR count). The van der Waals surface area contributed by atoms with Crippen molar-refractivity contribution >= 4 is 29.0 Å². The Bertz CT molecular complexity index is 703. The molecule has 0 bridgehead atoms. The van der Waals surface area contributed by atoms with Crippen LogP contribution in [0, 0.1) is 17.0 Å². The van der Waals surface area contributed by atoms with Crippen LogP contribution in [0.15, 0.2) is 23.4 Å². The van der Waals surface area contributed by atoms with Crippen molar-refractivity contribution in [2.24, 2.45) is 0 Å². The van der Waals surface area contributed by atoms with E-state index in [0.29, 0.717) is 16.7 Å². The van der Waals surface area contributed by atoms with E-state index in [2.05, 4.69) is 20.5 Å². The molecule has 0 aliphatic carbocycles. The van der Waals surface area contributed by atoms with Gasteiger partial charge in [-0.15, -0.1) is 5.10 Å². The van der Waals surface area contributed by atoms with E-state index in [1.54, 1.807) is 6.92 Å². The second-order valence-corrected chi connectivity index (χ2v) is 5.12. The number of ether oxygens (including phenoxy) is 1. The Kier molecular flexibility index (Phi) is 4.94. The van der Waals surface area contributed by atoms with Crippen molar-refractivity contribution in [3.63, 3.8) is 0 Å². The molecule has 116 valence electrons. The van der Waals surface area contributed by atoms with Crippen LogP contribution < -0.4 is 10.1 Å². The smallest absolute Gasteiger partial charge is 0.296 e. The first kappa shape index (κ1) is 15.8. The first-order chi connectivity index (χ1) is 10.5. The van der Waals surface area contributed by atoms with Gasteiger partial charge in [-0.3, -0.25) is 20.0 Å². The number of nitro groups is 1. The summed E-state index contributed by atoms with van der Waals surface area (Å²) in [5, 5.41) is 20.5. The highest BCUT2D eigenvalue weighted by atomic mass is 32.2. The van der Waals surface area contributed by atoms with Gasteiger partial charge in [0.15, 0.2) is 0 Å². The Morgan fingerprint density at radius 3 is 2.91 bits per heavy atom. The summed E-state index contributed by atoms with van der Waals surface area (Å²) in [4.78, 5) is 26.4. The summed E-state index contributed by atoms with van der Waals surface area (Å²) in [6.07, 6.45) is 0. The van der Waals surface area contributed by atoms with E-state index in [-0.39, 0.29) is 23.0 Å². The van der Waals surface area contributed by atoms with Gasteiger partial charge in [0.05, 0.1) is 23.9 Å². The highest BCUT2D eigenvalue weighted by Crippen LogP contribution is 2.29. The number of hydrogen-bond donors (Lipinski definition) is 2. The molecule has 0 saturated heterocycles. The molecule has 22 heavy (non-hydrogen) atoms. The molecule has 0 atom stereocenters. The molecule has 1 aromatic carbocycles. The van der Waals surface area contributed by atoms with Crippen LogP contribution >= 0.6 is 11.8 Å².